The fourth-order valence-corrected chi connectivity index (χ4v) is 4.05. The fraction of sp³-hybridized carbons (Fsp3) is 0.160. The number of rotatable bonds is 3. The van der Waals surface area contributed by atoms with E-state index in [1.807, 2.05) is 0 Å². The van der Waals surface area contributed by atoms with E-state index >= 15 is 0 Å². The van der Waals surface area contributed by atoms with Crippen molar-refractivity contribution in [2.75, 3.05) is 6.73 Å². The van der Waals surface area contributed by atoms with Crippen molar-refractivity contribution in [3.63, 3.8) is 0 Å². The van der Waals surface area contributed by atoms with E-state index in [0.717, 1.165) is 5.56 Å². The Morgan fingerprint density at radius 2 is 1.94 bits per heavy atom. The summed E-state index contributed by atoms with van der Waals surface area (Å²) in [5.74, 6) is 0.396. The lowest BCUT2D eigenvalue weighted by Gasteiger charge is -2.29. The summed E-state index contributed by atoms with van der Waals surface area (Å²) in [6.07, 6.45) is 1.36. The van der Waals surface area contributed by atoms with Crippen LogP contribution in [0.15, 0.2) is 60.4 Å². The quantitative estimate of drug-likeness (QED) is 0.490. The van der Waals surface area contributed by atoms with Gasteiger partial charge in [-0.3, -0.25) is 9.69 Å². The molecule has 0 unspecified atom stereocenters. The molecule has 0 bridgehead atoms. The molecular weight excluding hydrogens is 417 g/mol. The summed E-state index contributed by atoms with van der Waals surface area (Å²) in [7, 11) is 0. The molecular formula is C25H19ClFNO3. The molecule has 0 spiro atoms. The first-order valence-electron chi connectivity index (χ1n) is 9.94. The van der Waals surface area contributed by atoms with Crippen molar-refractivity contribution in [2.24, 2.45) is 0 Å². The lowest BCUT2D eigenvalue weighted by molar-refractivity contribution is 0.0873. The van der Waals surface area contributed by atoms with E-state index in [1.54, 1.807) is 18.2 Å². The Morgan fingerprint density at radius 3 is 2.71 bits per heavy atom. The first kappa shape index (κ1) is 19.8. The lowest BCUT2D eigenvalue weighted by atomic mass is 10.0. The van der Waals surface area contributed by atoms with Gasteiger partial charge >= 0.3 is 0 Å². The Hall–Kier alpha value is -3.15. The predicted octanol–water partition coefficient (Wildman–Crippen LogP) is 5.76. The minimum absolute atomic E-state index is 0.0473. The number of nitrogens with zero attached hydrogens (tertiary/aromatic N) is 1. The second kappa shape index (κ2) is 7.84. The van der Waals surface area contributed by atoms with Gasteiger partial charge in [0.2, 0.25) is 5.78 Å². The number of hydrogen-bond donors (Lipinski definition) is 0. The van der Waals surface area contributed by atoms with Crippen molar-refractivity contribution in [2.45, 2.75) is 20.0 Å². The number of fused-ring (bicyclic) bond motifs is 3. The minimum Gasteiger partial charge on any atom is -0.478 e. The highest BCUT2D eigenvalue weighted by Gasteiger charge is 2.34. The number of aryl methyl sites for hydroxylation is 1. The van der Waals surface area contributed by atoms with Gasteiger partial charge in [-0.25, -0.2) is 4.39 Å². The van der Waals surface area contributed by atoms with Crippen molar-refractivity contribution in [3.8, 4) is 11.5 Å². The van der Waals surface area contributed by atoms with Crippen LogP contribution in [0, 0.1) is 12.7 Å². The predicted molar refractivity (Wildman–Crippen MR) is 117 cm³/mol. The van der Waals surface area contributed by atoms with Gasteiger partial charge < -0.3 is 9.47 Å². The van der Waals surface area contributed by atoms with E-state index < -0.39 is 5.82 Å². The molecule has 0 N–H and O–H groups in total. The highest BCUT2D eigenvalue weighted by atomic mass is 35.5. The summed E-state index contributed by atoms with van der Waals surface area (Å²) in [5, 5.41) is 0.217. The number of carbonyl (C=O) groups excluding carboxylic acids is 1. The van der Waals surface area contributed by atoms with Gasteiger partial charge in [0.15, 0.2) is 5.76 Å². The number of benzene rings is 3. The topological polar surface area (TPSA) is 38.8 Å². The van der Waals surface area contributed by atoms with Crippen LogP contribution in [0.3, 0.4) is 0 Å². The van der Waals surface area contributed by atoms with Gasteiger partial charge in [-0.15, -0.1) is 0 Å². The zero-order valence-electron chi connectivity index (χ0n) is 16.8. The Balaban J connectivity index is 1.44. The molecule has 0 amide bonds. The first-order chi connectivity index (χ1) is 15.0. The largest absolute Gasteiger partial charge is 0.478 e. The molecule has 3 aromatic rings. The summed E-state index contributed by atoms with van der Waals surface area (Å²) in [6, 6.07) is 16.2. The number of hydrogen-bond acceptors (Lipinski definition) is 4. The second-order valence-electron chi connectivity index (χ2n) is 7.74. The number of ether oxygens (including phenoxy) is 2. The van der Waals surface area contributed by atoms with E-state index in [9.17, 15) is 9.18 Å². The third-order valence-electron chi connectivity index (χ3n) is 5.48. The lowest BCUT2D eigenvalue weighted by Crippen LogP contribution is -2.31. The molecule has 2 aliphatic rings. The molecule has 156 valence electrons. The van der Waals surface area contributed by atoms with E-state index in [4.69, 9.17) is 21.1 Å². The Kier molecular flexibility index (Phi) is 5.00. The van der Waals surface area contributed by atoms with Crippen LogP contribution >= 0.6 is 11.6 Å². The smallest absolute Gasteiger partial charge is 0.231 e. The number of halogens is 2. The molecule has 0 saturated carbocycles. The molecule has 31 heavy (non-hydrogen) atoms. The van der Waals surface area contributed by atoms with Crippen molar-refractivity contribution in [3.05, 3.63) is 99.0 Å². The zero-order chi connectivity index (χ0) is 21.5. The van der Waals surface area contributed by atoms with Crippen LogP contribution in [0.25, 0.3) is 6.08 Å². The second-order valence-corrected chi connectivity index (χ2v) is 8.15. The van der Waals surface area contributed by atoms with E-state index in [0.29, 0.717) is 36.9 Å². The van der Waals surface area contributed by atoms with E-state index in [1.165, 1.54) is 29.3 Å². The third kappa shape index (κ3) is 3.71. The van der Waals surface area contributed by atoms with Gasteiger partial charge in [0, 0.05) is 18.7 Å². The Labute approximate surface area is 184 Å². The van der Waals surface area contributed by atoms with Crippen molar-refractivity contribution >= 4 is 23.5 Å². The van der Waals surface area contributed by atoms with E-state index in [-0.39, 0.29) is 22.1 Å². The summed E-state index contributed by atoms with van der Waals surface area (Å²) in [6.45, 7) is 3.79. The van der Waals surface area contributed by atoms with Crippen LogP contribution in [0.4, 0.5) is 4.39 Å². The average molecular weight is 436 g/mol. The number of allylic oxidation sites excluding steroid dienone is 1. The third-order valence-corrected chi connectivity index (χ3v) is 5.81. The molecule has 0 aromatic heterocycles. The van der Waals surface area contributed by atoms with Crippen LogP contribution in [0.1, 0.15) is 32.6 Å². The van der Waals surface area contributed by atoms with Crippen LogP contribution in [0.5, 0.6) is 11.5 Å². The molecule has 6 heteroatoms. The van der Waals surface area contributed by atoms with Crippen LogP contribution in [-0.2, 0) is 13.1 Å². The number of ketones is 1. The molecule has 0 radical (unpaired) electrons. The normalized spacial score (nSPS) is 16.6. The van der Waals surface area contributed by atoms with Gasteiger partial charge in [0.25, 0.3) is 0 Å². The molecule has 4 nitrogen and oxygen atoms in total. The first-order valence-corrected chi connectivity index (χ1v) is 10.3. The van der Waals surface area contributed by atoms with Gasteiger partial charge in [-0.2, -0.15) is 0 Å². The summed E-state index contributed by atoms with van der Waals surface area (Å²) in [5.41, 5.74) is 3.77. The SMILES string of the molecule is Cc1ccc(CN2COc3ccc4c(c3C2)O/C(=C\c2c(F)cccc2Cl)C4=O)cc1. The zero-order valence-corrected chi connectivity index (χ0v) is 17.6. The van der Waals surface area contributed by atoms with Gasteiger partial charge in [0.05, 0.1) is 16.1 Å². The van der Waals surface area contributed by atoms with E-state index in [2.05, 4.69) is 36.1 Å². The highest BCUT2D eigenvalue weighted by Crippen LogP contribution is 2.42. The maximum atomic E-state index is 14.2. The molecule has 5 rings (SSSR count). The van der Waals surface area contributed by atoms with Crippen molar-refractivity contribution in [1.29, 1.82) is 0 Å². The van der Waals surface area contributed by atoms with Gasteiger partial charge in [-0.1, -0.05) is 47.5 Å². The Morgan fingerprint density at radius 1 is 1.13 bits per heavy atom. The van der Waals surface area contributed by atoms with Crippen molar-refractivity contribution < 1.29 is 18.7 Å². The summed E-state index contributed by atoms with van der Waals surface area (Å²) >= 11 is 6.11. The maximum Gasteiger partial charge on any atom is 0.231 e. The summed E-state index contributed by atoms with van der Waals surface area (Å²) < 4.78 is 26.0. The minimum atomic E-state index is -0.512. The number of Topliss-reactive ketones (excluding diaryl/α,β-unsaturated/α-hetero) is 1. The fourth-order valence-electron chi connectivity index (χ4n) is 3.84. The standard InChI is InChI=1S/C25H19ClFNO3/c1-15-5-7-16(8-6-15)12-28-13-19-22(30-14-28)10-9-17-24(29)23(31-25(17)19)11-18-20(26)3-2-4-21(18)27/h2-11H,12-14H2,1H3/b23-11-. The Bertz CT molecular complexity index is 1200. The van der Waals surface area contributed by atoms with Crippen LogP contribution in [-0.4, -0.2) is 17.4 Å². The molecule has 0 fully saturated rings. The monoisotopic (exact) mass is 435 g/mol. The molecule has 0 atom stereocenters. The number of carbonyl (C=O) groups is 1. The molecule has 2 aliphatic heterocycles. The molecule has 0 saturated heterocycles. The van der Waals surface area contributed by atoms with Crippen LogP contribution < -0.4 is 9.47 Å². The highest BCUT2D eigenvalue weighted by molar-refractivity contribution is 6.32. The summed E-state index contributed by atoms with van der Waals surface area (Å²) in [4.78, 5) is 15.0. The average Bonchev–Trinajstić information content (AvgIpc) is 3.08. The van der Waals surface area contributed by atoms with Crippen LogP contribution in [0.2, 0.25) is 5.02 Å². The molecule has 3 aromatic carbocycles. The maximum absolute atomic E-state index is 14.2. The molecule has 0 aliphatic carbocycles. The van der Waals surface area contributed by atoms with Gasteiger partial charge in [0.1, 0.15) is 24.0 Å². The molecule has 2 heterocycles. The van der Waals surface area contributed by atoms with Gasteiger partial charge in [-0.05, 0) is 42.8 Å². The van der Waals surface area contributed by atoms with Crippen molar-refractivity contribution in [1.82, 2.24) is 4.90 Å².